The number of carbonyl (C=O) groups excluding carboxylic acids is 1. The number of nitro groups is 1. The van der Waals surface area contributed by atoms with Gasteiger partial charge in [-0.3, -0.25) is 19.8 Å². The van der Waals surface area contributed by atoms with Crippen molar-refractivity contribution >= 4 is 12.0 Å². The number of ether oxygens (including phenoxy) is 5. The van der Waals surface area contributed by atoms with Crippen LogP contribution in [-0.2, 0) is 30.2 Å². The van der Waals surface area contributed by atoms with E-state index in [9.17, 15) is 20.0 Å². The summed E-state index contributed by atoms with van der Waals surface area (Å²) in [6, 6.07) is 2.33. The van der Waals surface area contributed by atoms with Crippen molar-refractivity contribution in [3.8, 4) is 5.75 Å². The largest absolute Gasteiger partial charge is 0.507 e. The number of non-ortho nitro benzene ring substituents is 1. The molecule has 0 unspecified atom stereocenters. The van der Waals surface area contributed by atoms with Crippen LogP contribution in [-0.4, -0.2) is 100 Å². The molecule has 0 atom stereocenters. The van der Waals surface area contributed by atoms with Gasteiger partial charge in [0.25, 0.3) is 5.69 Å². The minimum Gasteiger partial charge on any atom is -0.507 e. The topological polar surface area (TPSA) is 130 Å². The van der Waals surface area contributed by atoms with E-state index in [1.807, 2.05) is 4.90 Å². The molecule has 31 heavy (non-hydrogen) atoms. The fraction of sp³-hybridized carbons (Fsp3) is 0.650. The molecular formula is C20H30N2O9. The first kappa shape index (κ1) is 25.1. The molecule has 1 heterocycles. The highest BCUT2D eigenvalue weighted by Gasteiger charge is 2.18. The van der Waals surface area contributed by atoms with E-state index in [0.29, 0.717) is 91.0 Å². The lowest BCUT2D eigenvalue weighted by atomic mass is 10.1. The number of nitrogens with zero attached hydrogens (tertiary/aromatic N) is 2. The molecule has 0 saturated carbocycles. The summed E-state index contributed by atoms with van der Waals surface area (Å²) in [5.74, 6) is -0.258. The number of aldehydes is 1. The van der Waals surface area contributed by atoms with Gasteiger partial charge in [-0.15, -0.1) is 0 Å². The molecule has 0 bridgehead atoms. The molecule has 2 rings (SSSR count). The van der Waals surface area contributed by atoms with Crippen LogP contribution in [0.3, 0.4) is 0 Å². The lowest BCUT2D eigenvalue weighted by molar-refractivity contribution is -0.385. The minimum absolute atomic E-state index is 0.114. The average molecular weight is 442 g/mol. The first-order valence-electron chi connectivity index (χ1n) is 10.2. The molecule has 1 aliphatic rings. The Bertz CT molecular complexity index is 669. The second kappa shape index (κ2) is 14.8. The van der Waals surface area contributed by atoms with Gasteiger partial charge in [0.15, 0.2) is 6.29 Å². The SMILES string of the molecule is O=Cc1cc([N+](=O)[O-])cc(CN2CCOCCOCCOCCOCCOCC2)c1O. The van der Waals surface area contributed by atoms with Crippen LogP contribution < -0.4 is 0 Å². The number of aromatic hydroxyl groups is 1. The van der Waals surface area contributed by atoms with Gasteiger partial charge in [0.2, 0.25) is 0 Å². The second-order valence-electron chi connectivity index (χ2n) is 6.76. The van der Waals surface area contributed by atoms with E-state index in [1.54, 1.807) is 0 Å². The van der Waals surface area contributed by atoms with Crippen molar-refractivity contribution in [3.05, 3.63) is 33.4 Å². The third-order valence-corrected chi connectivity index (χ3v) is 4.53. The van der Waals surface area contributed by atoms with Crippen molar-refractivity contribution in [2.24, 2.45) is 0 Å². The molecule has 1 fully saturated rings. The summed E-state index contributed by atoms with van der Waals surface area (Å²) in [6.07, 6.45) is 0.405. The highest BCUT2D eigenvalue weighted by Crippen LogP contribution is 2.28. The number of carbonyl (C=O) groups is 1. The summed E-state index contributed by atoms with van der Waals surface area (Å²) < 4.78 is 27.4. The Balaban J connectivity index is 1.99. The van der Waals surface area contributed by atoms with E-state index < -0.39 is 4.92 Å². The molecular weight excluding hydrogens is 412 g/mol. The van der Waals surface area contributed by atoms with Gasteiger partial charge in [-0.05, 0) is 0 Å². The normalized spacial score (nSPS) is 19.2. The second-order valence-corrected chi connectivity index (χ2v) is 6.76. The third-order valence-electron chi connectivity index (χ3n) is 4.53. The number of hydrogen-bond donors (Lipinski definition) is 1. The lowest BCUT2D eigenvalue weighted by Gasteiger charge is -2.23. The molecule has 0 spiro atoms. The molecule has 11 heteroatoms. The molecule has 0 aliphatic carbocycles. The van der Waals surface area contributed by atoms with E-state index in [4.69, 9.17) is 23.7 Å². The van der Waals surface area contributed by atoms with Crippen molar-refractivity contribution in [1.82, 2.24) is 4.90 Å². The maximum absolute atomic E-state index is 11.2. The number of hydrogen-bond acceptors (Lipinski definition) is 10. The van der Waals surface area contributed by atoms with Crippen molar-refractivity contribution < 1.29 is 38.5 Å². The van der Waals surface area contributed by atoms with Crippen molar-refractivity contribution in [1.29, 1.82) is 0 Å². The summed E-state index contributed by atoms with van der Waals surface area (Å²) in [4.78, 5) is 23.7. The van der Waals surface area contributed by atoms with Gasteiger partial charge < -0.3 is 28.8 Å². The fourth-order valence-corrected chi connectivity index (χ4v) is 2.90. The van der Waals surface area contributed by atoms with Gasteiger partial charge in [0.05, 0.1) is 76.6 Å². The summed E-state index contributed by atoms with van der Waals surface area (Å²) in [5, 5.41) is 21.5. The van der Waals surface area contributed by atoms with Crippen LogP contribution in [0.25, 0.3) is 0 Å². The number of phenolic OH excluding ortho intramolecular Hbond substituents is 1. The minimum atomic E-state index is -0.591. The molecule has 11 nitrogen and oxygen atoms in total. The van der Waals surface area contributed by atoms with Gasteiger partial charge in [-0.1, -0.05) is 0 Å². The average Bonchev–Trinajstić information content (AvgIpc) is 2.76. The Kier molecular flexibility index (Phi) is 12.0. The first-order chi connectivity index (χ1) is 15.1. The number of benzene rings is 1. The monoisotopic (exact) mass is 442 g/mol. The standard InChI is InChI=1S/C20H30N2O9/c23-16-18-14-19(22(25)26)13-17(20(18)24)15-21-1-3-27-5-7-29-9-11-31-12-10-30-8-6-28-4-2-21/h13-14,16,24H,1-12,15H2. The van der Waals surface area contributed by atoms with Gasteiger partial charge >= 0.3 is 0 Å². The van der Waals surface area contributed by atoms with Crippen molar-refractivity contribution in [3.63, 3.8) is 0 Å². The van der Waals surface area contributed by atoms with Crippen molar-refractivity contribution in [2.75, 3.05) is 79.2 Å². The van der Waals surface area contributed by atoms with Gasteiger partial charge in [-0.25, -0.2) is 0 Å². The summed E-state index contributed by atoms with van der Waals surface area (Å²) >= 11 is 0. The molecule has 0 radical (unpaired) electrons. The zero-order chi connectivity index (χ0) is 22.3. The molecule has 1 N–H and O–H groups in total. The number of rotatable bonds is 4. The predicted octanol–water partition coefficient (Wildman–Crippen LogP) is 1.01. The zero-order valence-corrected chi connectivity index (χ0v) is 17.5. The Morgan fingerprint density at radius 3 is 1.74 bits per heavy atom. The summed E-state index contributed by atoms with van der Waals surface area (Å²) in [5.41, 5.74) is -0.0662. The molecule has 1 aromatic carbocycles. The van der Waals surface area contributed by atoms with Crippen LogP contribution in [0.15, 0.2) is 12.1 Å². The van der Waals surface area contributed by atoms with Crippen LogP contribution in [0.1, 0.15) is 15.9 Å². The lowest BCUT2D eigenvalue weighted by Crippen LogP contribution is -2.31. The van der Waals surface area contributed by atoms with Crippen molar-refractivity contribution in [2.45, 2.75) is 6.54 Å². The van der Waals surface area contributed by atoms with Gasteiger partial charge in [0, 0.05) is 37.3 Å². The third kappa shape index (κ3) is 9.68. The van der Waals surface area contributed by atoms with Crippen LogP contribution in [0.2, 0.25) is 0 Å². The van der Waals surface area contributed by atoms with Gasteiger partial charge in [0.1, 0.15) is 5.75 Å². The quantitative estimate of drug-likeness (QED) is 0.410. The van der Waals surface area contributed by atoms with Crippen LogP contribution >= 0.6 is 0 Å². The highest BCUT2D eigenvalue weighted by atomic mass is 16.6. The van der Waals surface area contributed by atoms with Crippen LogP contribution in [0, 0.1) is 10.1 Å². The first-order valence-corrected chi connectivity index (χ1v) is 10.2. The number of nitro benzene ring substituents is 1. The molecule has 174 valence electrons. The Hall–Kier alpha value is -2.15. The van der Waals surface area contributed by atoms with E-state index in [0.717, 1.165) is 6.07 Å². The smallest absolute Gasteiger partial charge is 0.270 e. The Labute approximate surface area is 180 Å². The molecule has 1 aliphatic heterocycles. The van der Waals surface area contributed by atoms with Gasteiger partial charge in [-0.2, -0.15) is 0 Å². The molecule has 1 saturated heterocycles. The maximum atomic E-state index is 11.2. The zero-order valence-electron chi connectivity index (χ0n) is 17.5. The van der Waals surface area contributed by atoms with E-state index in [-0.39, 0.29) is 23.5 Å². The summed E-state index contributed by atoms with van der Waals surface area (Å²) in [7, 11) is 0. The van der Waals surface area contributed by atoms with E-state index >= 15 is 0 Å². The fourth-order valence-electron chi connectivity index (χ4n) is 2.90. The Morgan fingerprint density at radius 1 is 0.871 bits per heavy atom. The highest BCUT2D eigenvalue weighted by molar-refractivity contribution is 5.81. The van der Waals surface area contributed by atoms with E-state index in [1.165, 1.54) is 6.07 Å². The van der Waals surface area contributed by atoms with E-state index in [2.05, 4.69) is 0 Å². The predicted molar refractivity (Wildman–Crippen MR) is 110 cm³/mol. The summed E-state index contributed by atoms with van der Waals surface area (Å²) in [6.45, 7) is 5.66. The number of phenols is 1. The molecule has 0 amide bonds. The van der Waals surface area contributed by atoms with Crippen LogP contribution in [0.4, 0.5) is 5.69 Å². The maximum Gasteiger partial charge on any atom is 0.270 e. The van der Waals surface area contributed by atoms with Crippen LogP contribution in [0.5, 0.6) is 5.75 Å². The molecule has 1 aromatic rings. The Morgan fingerprint density at radius 2 is 1.32 bits per heavy atom. The molecule has 0 aromatic heterocycles.